The van der Waals surface area contributed by atoms with Crippen LogP contribution >= 0.6 is 0 Å². The Morgan fingerprint density at radius 3 is 1.92 bits per heavy atom. The monoisotopic (exact) mass is 491 g/mol. The van der Waals surface area contributed by atoms with Crippen molar-refractivity contribution in [2.24, 2.45) is 5.73 Å². The molecule has 0 aliphatic heterocycles. The number of hydrogen-bond donors (Lipinski definition) is 7. The molecule has 2 aromatic carbocycles. The molecule has 10 heteroatoms. The predicted octanol–water partition coefficient (Wildman–Crippen LogP) is 1.20. The van der Waals surface area contributed by atoms with Crippen LogP contribution < -0.4 is 16.4 Å². The van der Waals surface area contributed by atoms with Gasteiger partial charge in [0.1, 0.15) is 6.04 Å². The Labute approximate surface area is 206 Å². The molecule has 4 aromatic rings. The fraction of sp³-hybridized carbons (Fsp3) is 0.269. The Balaban J connectivity index is 1.54. The SMILES string of the molecule is CC(O)C(NC(=O)C(Cc1c[nH]c2ccccc12)NC(=O)C(N)Cc1c[nH]c2ccccc12)C(=O)O. The first-order chi connectivity index (χ1) is 17.2. The topological polar surface area (TPSA) is 173 Å². The van der Waals surface area contributed by atoms with Crippen molar-refractivity contribution in [1.29, 1.82) is 0 Å². The summed E-state index contributed by atoms with van der Waals surface area (Å²) in [5.74, 6) is -2.67. The van der Waals surface area contributed by atoms with Crippen LogP contribution in [0, 0.1) is 0 Å². The second kappa shape index (κ2) is 10.6. The number of nitrogens with one attached hydrogen (secondary N) is 4. The molecule has 0 aliphatic rings. The molecule has 2 amide bonds. The van der Waals surface area contributed by atoms with Gasteiger partial charge in [-0.15, -0.1) is 0 Å². The summed E-state index contributed by atoms with van der Waals surface area (Å²) in [6.45, 7) is 1.27. The van der Waals surface area contributed by atoms with E-state index in [9.17, 15) is 24.6 Å². The summed E-state index contributed by atoms with van der Waals surface area (Å²) < 4.78 is 0. The lowest BCUT2D eigenvalue weighted by Gasteiger charge is -2.24. The molecule has 4 atom stereocenters. The largest absolute Gasteiger partial charge is 0.480 e. The number of aliphatic hydroxyl groups is 1. The lowest BCUT2D eigenvalue weighted by Crippen LogP contribution is -2.57. The zero-order valence-electron chi connectivity index (χ0n) is 19.7. The number of aromatic amines is 2. The predicted molar refractivity (Wildman–Crippen MR) is 135 cm³/mol. The smallest absolute Gasteiger partial charge is 0.328 e. The number of para-hydroxylation sites is 2. The minimum atomic E-state index is -1.53. The minimum absolute atomic E-state index is 0.0908. The highest BCUT2D eigenvalue weighted by Gasteiger charge is 2.31. The summed E-state index contributed by atoms with van der Waals surface area (Å²) in [5, 5.41) is 26.0. The van der Waals surface area contributed by atoms with E-state index < -0.39 is 42.0 Å². The minimum Gasteiger partial charge on any atom is -0.480 e. The number of nitrogens with two attached hydrogens (primary N) is 1. The van der Waals surface area contributed by atoms with Crippen LogP contribution in [0.15, 0.2) is 60.9 Å². The molecule has 0 aliphatic carbocycles. The Bertz CT molecular complexity index is 1390. The van der Waals surface area contributed by atoms with Crippen LogP contribution in [0.5, 0.6) is 0 Å². The van der Waals surface area contributed by atoms with Crippen molar-refractivity contribution in [1.82, 2.24) is 20.6 Å². The van der Waals surface area contributed by atoms with Crippen molar-refractivity contribution in [3.8, 4) is 0 Å². The molecule has 36 heavy (non-hydrogen) atoms. The molecule has 0 spiro atoms. The number of carbonyl (C=O) groups is 3. The number of aromatic nitrogens is 2. The molecule has 0 bridgehead atoms. The molecule has 2 heterocycles. The highest BCUT2D eigenvalue weighted by molar-refractivity contribution is 5.93. The number of aliphatic carboxylic acids is 1. The first-order valence-electron chi connectivity index (χ1n) is 11.6. The molecule has 0 saturated heterocycles. The molecule has 4 unspecified atom stereocenters. The number of carboxylic acids is 1. The number of amides is 2. The molecular formula is C26H29N5O5. The maximum absolute atomic E-state index is 13.1. The molecule has 2 aromatic heterocycles. The van der Waals surface area contributed by atoms with E-state index in [2.05, 4.69) is 20.6 Å². The third-order valence-electron chi connectivity index (χ3n) is 6.23. The Kier molecular flexibility index (Phi) is 7.37. The number of fused-ring (bicyclic) bond motifs is 2. The Morgan fingerprint density at radius 2 is 1.39 bits per heavy atom. The van der Waals surface area contributed by atoms with Gasteiger partial charge >= 0.3 is 5.97 Å². The quantitative estimate of drug-likeness (QED) is 0.175. The number of carbonyl (C=O) groups excluding carboxylic acids is 2. The van der Waals surface area contributed by atoms with Gasteiger partial charge in [-0.25, -0.2) is 4.79 Å². The summed E-state index contributed by atoms with van der Waals surface area (Å²) in [6, 6.07) is 11.6. The third-order valence-corrected chi connectivity index (χ3v) is 6.23. The van der Waals surface area contributed by atoms with E-state index in [0.29, 0.717) is 0 Å². The van der Waals surface area contributed by atoms with Crippen molar-refractivity contribution in [2.75, 3.05) is 0 Å². The molecule has 4 rings (SSSR count). The van der Waals surface area contributed by atoms with E-state index >= 15 is 0 Å². The van der Waals surface area contributed by atoms with Gasteiger partial charge < -0.3 is 36.5 Å². The number of carboxylic acid groups (broad SMARTS) is 1. The molecule has 10 nitrogen and oxygen atoms in total. The van der Waals surface area contributed by atoms with Crippen molar-refractivity contribution < 1.29 is 24.6 Å². The molecule has 8 N–H and O–H groups in total. The van der Waals surface area contributed by atoms with Crippen molar-refractivity contribution in [2.45, 2.75) is 44.0 Å². The lowest BCUT2D eigenvalue weighted by molar-refractivity contribution is -0.145. The van der Waals surface area contributed by atoms with Crippen LogP contribution in [-0.2, 0) is 27.2 Å². The maximum Gasteiger partial charge on any atom is 0.328 e. The first kappa shape index (κ1) is 25.0. The van der Waals surface area contributed by atoms with Crippen LogP contribution in [0.25, 0.3) is 21.8 Å². The average molecular weight is 492 g/mol. The van der Waals surface area contributed by atoms with Crippen molar-refractivity contribution in [3.05, 3.63) is 72.1 Å². The van der Waals surface area contributed by atoms with Crippen molar-refractivity contribution in [3.63, 3.8) is 0 Å². The molecular weight excluding hydrogens is 462 g/mol. The van der Waals surface area contributed by atoms with E-state index in [-0.39, 0.29) is 12.8 Å². The summed E-state index contributed by atoms with van der Waals surface area (Å²) in [5.41, 5.74) is 9.63. The number of H-pyrrole nitrogens is 2. The Hall–Kier alpha value is -4.15. The number of aliphatic hydroxyl groups excluding tert-OH is 1. The second-order valence-electron chi connectivity index (χ2n) is 8.86. The van der Waals surface area contributed by atoms with Gasteiger partial charge in [0.15, 0.2) is 6.04 Å². The average Bonchev–Trinajstić information content (AvgIpc) is 3.45. The van der Waals surface area contributed by atoms with Crippen LogP contribution in [0.3, 0.4) is 0 Å². The maximum atomic E-state index is 13.1. The highest BCUT2D eigenvalue weighted by atomic mass is 16.4. The van der Waals surface area contributed by atoms with Crippen LogP contribution in [-0.4, -0.2) is 62.2 Å². The van der Waals surface area contributed by atoms with Gasteiger partial charge in [-0.3, -0.25) is 9.59 Å². The van der Waals surface area contributed by atoms with Crippen LogP contribution in [0.2, 0.25) is 0 Å². The normalized spacial score (nSPS) is 14.8. The third kappa shape index (κ3) is 5.40. The zero-order chi connectivity index (χ0) is 25.8. The van der Waals surface area contributed by atoms with E-state index in [0.717, 1.165) is 32.9 Å². The van der Waals surface area contributed by atoms with E-state index in [1.54, 1.807) is 12.4 Å². The van der Waals surface area contributed by atoms with Gasteiger partial charge in [-0.2, -0.15) is 0 Å². The fourth-order valence-electron chi connectivity index (χ4n) is 4.28. The molecule has 0 saturated carbocycles. The van der Waals surface area contributed by atoms with E-state index in [1.165, 1.54) is 6.92 Å². The van der Waals surface area contributed by atoms with Gasteiger partial charge in [-0.05, 0) is 36.6 Å². The van der Waals surface area contributed by atoms with E-state index in [1.807, 2.05) is 48.5 Å². The van der Waals surface area contributed by atoms with Crippen molar-refractivity contribution >= 4 is 39.6 Å². The van der Waals surface area contributed by atoms with Gasteiger partial charge in [-0.1, -0.05) is 36.4 Å². The standard InChI is InChI=1S/C26H29N5O5/c1-14(32)23(26(35)36)31-25(34)22(11-16-13-29-21-9-5-3-7-18(16)21)30-24(33)19(27)10-15-12-28-20-8-4-2-6-17(15)20/h2-9,12-14,19,22-23,28-29,32H,10-11,27H2,1H3,(H,30,33)(H,31,34)(H,35,36). The second-order valence-corrected chi connectivity index (χ2v) is 8.86. The number of hydrogen-bond acceptors (Lipinski definition) is 5. The Morgan fingerprint density at radius 1 is 0.861 bits per heavy atom. The van der Waals surface area contributed by atoms with E-state index in [4.69, 9.17) is 5.73 Å². The molecule has 0 radical (unpaired) electrons. The lowest BCUT2D eigenvalue weighted by atomic mass is 10.0. The zero-order valence-corrected chi connectivity index (χ0v) is 19.7. The van der Waals surface area contributed by atoms with Crippen LogP contribution in [0.1, 0.15) is 18.1 Å². The number of benzene rings is 2. The van der Waals surface area contributed by atoms with Gasteiger partial charge in [0.25, 0.3) is 0 Å². The molecule has 0 fully saturated rings. The summed E-state index contributed by atoms with van der Waals surface area (Å²) in [4.78, 5) is 44.0. The summed E-state index contributed by atoms with van der Waals surface area (Å²) in [7, 11) is 0. The first-order valence-corrected chi connectivity index (χ1v) is 11.6. The van der Waals surface area contributed by atoms with Gasteiger partial charge in [0.2, 0.25) is 11.8 Å². The van der Waals surface area contributed by atoms with Gasteiger partial charge in [0, 0.05) is 40.6 Å². The van der Waals surface area contributed by atoms with Gasteiger partial charge in [0.05, 0.1) is 12.1 Å². The summed E-state index contributed by atoms with van der Waals surface area (Å²) in [6.07, 6.45) is 2.54. The molecule has 188 valence electrons. The summed E-state index contributed by atoms with van der Waals surface area (Å²) >= 11 is 0. The highest BCUT2D eigenvalue weighted by Crippen LogP contribution is 2.20. The van der Waals surface area contributed by atoms with Crippen LogP contribution in [0.4, 0.5) is 0 Å². The fourth-order valence-corrected chi connectivity index (χ4v) is 4.28. The number of rotatable bonds is 10.